The van der Waals surface area contributed by atoms with Crippen LogP contribution in [0.15, 0.2) is 49.2 Å². The number of nitrogens with one attached hydrogen (secondary N) is 1. The molecule has 1 N–H and O–H groups in total. The van der Waals surface area contributed by atoms with Gasteiger partial charge in [-0.3, -0.25) is 14.4 Å². The van der Waals surface area contributed by atoms with Crippen molar-refractivity contribution >= 4 is 34.6 Å². The normalized spacial score (nSPS) is 20.1. The average molecular weight is 420 g/mol. The van der Waals surface area contributed by atoms with Crippen LogP contribution in [0.5, 0.6) is 0 Å². The number of hydrogen-bond acceptors (Lipinski definition) is 4. The topological polar surface area (TPSA) is 63.2 Å². The minimum Gasteiger partial charge on any atom is -0.359 e. The van der Waals surface area contributed by atoms with Crippen molar-refractivity contribution in [2.24, 2.45) is 11.3 Å². The van der Waals surface area contributed by atoms with Crippen molar-refractivity contribution in [3.63, 3.8) is 0 Å². The summed E-state index contributed by atoms with van der Waals surface area (Å²) in [6.45, 7) is 12.0. The molecule has 1 atom stereocenters. The zero-order valence-electron chi connectivity index (χ0n) is 17.0. The number of carbonyl (C=O) groups is 3. The summed E-state index contributed by atoms with van der Waals surface area (Å²) >= 11 is 5.89. The van der Waals surface area contributed by atoms with Gasteiger partial charge in [0.1, 0.15) is 11.6 Å². The van der Waals surface area contributed by atoms with Crippen molar-refractivity contribution in [2.45, 2.75) is 60.3 Å². The first kappa shape index (κ1) is 26.8. The maximum absolute atomic E-state index is 11.4. The first-order valence-corrected chi connectivity index (χ1v) is 9.80. The van der Waals surface area contributed by atoms with Crippen molar-refractivity contribution in [1.29, 1.82) is 0 Å². The van der Waals surface area contributed by atoms with Crippen molar-refractivity contribution in [1.82, 2.24) is 0 Å². The molecule has 0 saturated heterocycles. The second-order valence-corrected chi connectivity index (χ2v) is 8.49. The standard InChI is InChI=1S/C13H14ClNO.C8H12O2.C2H4.CH4/c1-9-5-12(8-13(16)6-9)15-11-4-2-3-10(14)7-11;1-8(2)4-6(9)3-7(10)5-8;1-2;/h2-4,7-9,15H,5-6H2,1H3;3-5H2,1-2H3;1-2H2;1H4. The second kappa shape index (κ2) is 12.4. The van der Waals surface area contributed by atoms with Crippen molar-refractivity contribution < 1.29 is 14.4 Å². The maximum atomic E-state index is 11.4. The van der Waals surface area contributed by atoms with E-state index >= 15 is 0 Å². The molecule has 4 nitrogen and oxygen atoms in total. The molecule has 160 valence electrons. The summed E-state index contributed by atoms with van der Waals surface area (Å²) in [6.07, 6.45) is 4.57. The monoisotopic (exact) mass is 419 g/mol. The van der Waals surface area contributed by atoms with E-state index in [1.165, 1.54) is 0 Å². The first-order chi connectivity index (χ1) is 13.1. The molecule has 1 aromatic carbocycles. The van der Waals surface area contributed by atoms with Crippen LogP contribution in [-0.4, -0.2) is 17.3 Å². The minimum absolute atomic E-state index is 0. The highest BCUT2D eigenvalue weighted by Gasteiger charge is 2.31. The Kier molecular flexibility index (Phi) is 11.4. The number of hydrogen-bond donors (Lipinski definition) is 1. The highest BCUT2D eigenvalue weighted by Crippen LogP contribution is 2.30. The van der Waals surface area contributed by atoms with Gasteiger partial charge in [-0.05, 0) is 36.0 Å². The molecule has 0 heterocycles. The van der Waals surface area contributed by atoms with Crippen LogP contribution in [0.1, 0.15) is 60.3 Å². The summed E-state index contributed by atoms with van der Waals surface area (Å²) in [5, 5.41) is 3.93. The van der Waals surface area contributed by atoms with Crippen LogP contribution >= 0.6 is 11.6 Å². The fourth-order valence-corrected chi connectivity index (χ4v) is 3.61. The van der Waals surface area contributed by atoms with E-state index in [4.69, 9.17) is 11.6 Å². The molecule has 0 amide bonds. The fraction of sp³-hybridized carbons (Fsp3) is 0.458. The largest absolute Gasteiger partial charge is 0.359 e. The Balaban J connectivity index is 0.000000524. The number of anilines is 1. The molecule has 1 saturated carbocycles. The van der Waals surface area contributed by atoms with Crippen LogP contribution < -0.4 is 5.32 Å². The molecule has 1 fully saturated rings. The van der Waals surface area contributed by atoms with Gasteiger partial charge >= 0.3 is 0 Å². The third kappa shape index (κ3) is 10.2. The zero-order valence-corrected chi connectivity index (χ0v) is 17.8. The van der Waals surface area contributed by atoms with Gasteiger partial charge in [-0.2, -0.15) is 0 Å². The zero-order chi connectivity index (χ0) is 21.3. The lowest BCUT2D eigenvalue weighted by Crippen LogP contribution is -2.28. The van der Waals surface area contributed by atoms with E-state index in [9.17, 15) is 14.4 Å². The summed E-state index contributed by atoms with van der Waals surface area (Å²) in [5.74, 6) is 0.810. The molecular weight excluding hydrogens is 386 g/mol. The van der Waals surface area contributed by atoms with E-state index in [1.54, 1.807) is 6.08 Å². The summed E-state index contributed by atoms with van der Waals surface area (Å²) in [5.41, 5.74) is 1.83. The fourth-order valence-electron chi connectivity index (χ4n) is 3.42. The Morgan fingerprint density at radius 3 is 2.14 bits per heavy atom. The summed E-state index contributed by atoms with van der Waals surface area (Å²) in [4.78, 5) is 33.1. The molecule has 0 bridgehead atoms. The molecule has 2 aliphatic carbocycles. The summed E-state index contributed by atoms with van der Waals surface area (Å²) in [7, 11) is 0. The smallest absolute Gasteiger partial charge is 0.157 e. The minimum atomic E-state index is -0.0770. The summed E-state index contributed by atoms with van der Waals surface area (Å²) in [6, 6.07) is 7.51. The number of halogens is 1. The van der Waals surface area contributed by atoms with Crippen LogP contribution in [0.25, 0.3) is 0 Å². The van der Waals surface area contributed by atoms with E-state index < -0.39 is 0 Å². The lowest BCUT2D eigenvalue weighted by Gasteiger charge is -2.26. The van der Waals surface area contributed by atoms with Crippen LogP contribution in [0, 0.1) is 11.3 Å². The van der Waals surface area contributed by atoms with Crippen molar-refractivity contribution in [3.8, 4) is 0 Å². The Hall–Kier alpha value is -2.20. The van der Waals surface area contributed by atoms with Crippen LogP contribution in [-0.2, 0) is 14.4 Å². The van der Waals surface area contributed by atoms with Gasteiger partial charge < -0.3 is 5.32 Å². The predicted octanol–water partition coefficient (Wildman–Crippen LogP) is 6.41. The number of benzene rings is 1. The third-order valence-corrected chi connectivity index (χ3v) is 4.56. The Bertz CT molecular complexity index is 734. The van der Waals surface area contributed by atoms with E-state index in [1.807, 2.05) is 38.1 Å². The highest BCUT2D eigenvalue weighted by atomic mass is 35.5. The lowest BCUT2D eigenvalue weighted by atomic mass is 9.76. The highest BCUT2D eigenvalue weighted by molar-refractivity contribution is 6.30. The lowest BCUT2D eigenvalue weighted by molar-refractivity contribution is -0.133. The molecule has 0 aliphatic heterocycles. The first-order valence-electron chi connectivity index (χ1n) is 9.42. The molecule has 5 heteroatoms. The third-order valence-electron chi connectivity index (χ3n) is 4.33. The van der Waals surface area contributed by atoms with Gasteiger partial charge in [0.15, 0.2) is 5.78 Å². The molecule has 0 spiro atoms. The van der Waals surface area contributed by atoms with Gasteiger partial charge in [0.05, 0.1) is 6.42 Å². The van der Waals surface area contributed by atoms with E-state index in [2.05, 4.69) is 25.4 Å². The Labute approximate surface area is 180 Å². The molecular formula is C24H34ClNO3. The molecule has 1 aromatic rings. The van der Waals surface area contributed by atoms with Crippen molar-refractivity contribution in [2.75, 3.05) is 5.32 Å². The second-order valence-electron chi connectivity index (χ2n) is 8.06. The molecule has 3 rings (SSSR count). The van der Waals surface area contributed by atoms with Gasteiger partial charge in [-0.25, -0.2) is 0 Å². The Morgan fingerprint density at radius 1 is 1.07 bits per heavy atom. The van der Waals surface area contributed by atoms with Crippen LogP contribution in [0.4, 0.5) is 5.69 Å². The van der Waals surface area contributed by atoms with Gasteiger partial charge in [0.2, 0.25) is 0 Å². The maximum Gasteiger partial charge on any atom is 0.157 e. The molecule has 0 aromatic heterocycles. The van der Waals surface area contributed by atoms with Gasteiger partial charge in [0.25, 0.3) is 0 Å². The molecule has 29 heavy (non-hydrogen) atoms. The Morgan fingerprint density at radius 2 is 1.66 bits per heavy atom. The molecule has 0 radical (unpaired) electrons. The van der Waals surface area contributed by atoms with E-state index in [0.29, 0.717) is 30.2 Å². The summed E-state index contributed by atoms with van der Waals surface area (Å²) < 4.78 is 0. The quantitative estimate of drug-likeness (QED) is 0.444. The number of ketones is 3. The van der Waals surface area contributed by atoms with E-state index in [0.717, 1.165) is 17.8 Å². The van der Waals surface area contributed by atoms with Crippen molar-refractivity contribution in [3.05, 3.63) is 54.2 Å². The van der Waals surface area contributed by atoms with Gasteiger partial charge in [0, 0.05) is 41.7 Å². The number of rotatable bonds is 2. The van der Waals surface area contributed by atoms with Crippen LogP contribution in [0.2, 0.25) is 5.02 Å². The van der Waals surface area contributed by atoms with Crippen LogP contribution in [0.3, 0.4) is 0 Å². The number of Topliss-reactive ketones (excluding diaryl/α,β-unsaturated/α-hetero) is 2. The number of carbonyl (C=O) groups excluding carboxylic acids is 3. The van der Waals surface area contributed by atoms with E-state index in [-0.39, 0.29) is 36.6 Å². The number of allylic oxidation sites excluding steroid dienone is 2. The average Bonchev–Trinajstić information content (AvgIpc) is 2.54. The van der Waals surface area contributed by atoms with Gasteiger partial charge in [-0.15, -0.1) is 13.2 Å². The molecule has 1 unspecified atom stereocenters. The van der Waals surface area contributed by atoms with Gasteiger partial charge in [-0.1, -0.05) is 45.9 Å². The predicted molar refractivity (Wildman–Crippen MR) is 122 cm³/mol. The SMILES string of the molecule is C.C=C.CC1(C)CC(=O)CC(=O)C1.CC1CC(=O)C=C(Nc2cccc(Cl)c2)C1. The molecule has 2 aliphatic rings.